The maximum absolute atomic E-state index is 11.7. The number of nitrogens with zero attached hydrogens (tertiary/aromatic N) is 2. The number of hydrogen-bond donors (Lipinski definition) is 1. The highest BCUT2D eigenvalue weighted by molar-refractivity contribution is 5.89. The predicted octanol–water partition coefficient (Wildman–Crippen LogP) is -0.587. The van der Waals surface area contributed by atoms with Crippen LogP contribution >= 0.6 is 0 Å². The highest BCUT2D eigenvalue weighted by Gasteiger charge is 2.32. The third kappa shape index (κ3) is 2.47. The predicted molar refractivity (Wildman–Crippen MR) is 57.1 cm³/mol. The molecule has 2 amide bonds. The summed E-state index contributed by atoms with van der Waals surface area (Å²) < 4.78 is 0. The van der Waals surface area contributed by atoms with Gasteiger partial charge in [-0.15, -0.1) is 0 Å². The van der Waals surface area contributed by atoms with Gasteiger partial charge in [0.15, 0.2) is 0 Å². The van der Waals surface area contributed by atoms with E-state index in [1.54, 1.807) is 25.9 Å². The SMILES string of the molecule is C[C@H](C(=O)N(C)C)N1CCC[C@H](N)C1=O. The van der Waals surface area contributed by atoms with Crippen LogP contribution in [0.4, 0.5) is 0 Å². The first-order chi connectivity index (χ1) is 6.95. The number of amides is 2. The van der Waals surface area contributed by atoms with E-state index in [-0.39, 0.29) is 11.8 Å². The number of hydrogen-bond acceptors (Lipinski definition) is 3. The van der Waals surface area contributed by atoms with E-state index in [2.05, 4.69) is 0 Å². The second kappa shape index (κ2) is 4.61. The maximum atomic E-state index is 11.7. The zero-order valence-corrected chi connectivity index (χ0v) is 9.56. The summed E-state index contributed by atoms with van der Waals surface area (Å²) in [6.45, 7) is 2.38. The van der Waals surface area contributed by atoms with Crippen molar-refractivity contribution in [2.24, 2.45) is 5.73 Å². The summed E-state index contributed by atoms with van der Waals surface area (Å²) in [5, 5.41) is 0. The van der Waals surface area contributed by atoms with Crippen molar-refractivity contribution in [1.29, 1.82) is 0 Å². The first-order valence-electron chi connectivity index (χ1n) is 5.22. The molecule has 5 heteroatoms. The molecule has 1 rings (SSSR count). The van der Waals surface area contributed by atoms with Crippen LogP contribution in [0.25, 0.3) is 0 Å². The van der Waals surface area contributed by atoms with Crippen LogP contribution in [-0.4, -0.2) is 54.3 Å². The van der Waals surface area contributed by atoms with Gasteiger partial charge in [0, 0.05) is 20.6 Å². The summed E-state index contributed by atoms with van der Waals surface area (Å²) >= 11 is 0. The van der Waals surface area contributed by atoms with Crippen LogP contribution in [0.3, 0.4) is 0 Å². The standard InChI is InChI=1S/C10H19N3O2/c1-7(9(14)12(2)3)13-6-4-5-8(11)10(13)15/h7-8H,4-6,11H2,1-3H3/t7-,8+/m1/s1. The minimum absolute atomic E-state index is 0.0579. The highest BCUT2D eigenvalue weighted by atomic mass is 16.2. The van der Waals surface area contributed by atoms with E-state index < -0.39 is 12.1 Å². The van der Waals surface area contributed by atoms with E-state index in [1.807, 2.05) is 0 Å². The number of likely N-dealkylation sites (tertiary alicyclic amines) is 1. The highest BCUT2D eigenvalue weighted by Crippen LogP contribution is 2.14. The van der Waals surface area contributed by atoms with Crippen molar-refractivity contribution in [3.8, 4) is 0 Å². The van der Waals surface area contributed by atoms with Gasteiger partial charge in [0.2, 0.25) is 11.8 Å². The van der Waals surface area contributed by atoms with Crippen molar-refractivity contribution in [3.63, 3.8) is 0 Å². The first kappa shape index (κ1) is 12.0. The van der Waals surface area contributed by atoms with Crippen molar-refractivity contribution in [1.82, 2.24) is 9.80 Å². The Morgan fingerprint density at radius 2 is 2.20 bits per heavy atom. The summed E-state index contributed by atoms with van der Waals surface area (Å²) in [6, 6.07) is -0.838. The monoisotopic (exact) mass is 213 g/mol. The van der Waals surface area contributed by atoms with E-state index in [4.69, 9.17) is 5.73 Å². The molecule has 0 saturated carbocycles. The number of carbonyl (C=O) groups is 2. The topological polar surface area (TPSA) is 66.6 Å². The largest absolute Gasteiger partial charge is 0.347 e. The Kier molecular flexibility index (Phi) is 3.68. The van der Waals surface area contributed by atoms with Crippen LogP contribution in [0.2, 0.25) is 0 Å². The number of nitrogens with two attached hydrogens (primary N) is 1. The molecule has 2 N–H and O–H groups in total. The van der Waals surface area contributed by atoms with Gasteiger partial charge >= 0.3 is 0 Å². The molecule has 0 aliphatic carbocycles. The Morgan fingerprint density at radius 1 is 1.60 bits per heavy atom. The minimum Gasteiger partial charge on any atom is -0.347 e. The molecule has 1 aliphatic rings. The van der Waals surface area contributed by atoms with E-state index in [0.717, 1.165) is 12.8 Å². The van der Waals surface area contributed by atoms with Crippen LogP contribution < -0.4 is 5.73 Å². The lowest BCUT2D eigenvalue weighted by atomic mass is 10.0. The maximum Gasteiger partial charge on any atom is 0.244 e. The number of likely N-dealkylation sites (N-methyl/N-ethyl adjacent to an activating group) is 1. The van der Waals surface area contributed by atoms with E-state index in [0.29, 0.717) is 6.54 Å². The molecule has 0 radical (unpaired) electrons. The summed E-state index contributed by atoms with van der Waals surface area (Å²) in [5.41, 5.74) is 5.67. The molecular weight excluding hydrogens is 194 g/mol. The van der Waals surface area contributed by atoms with Gasteiger partial charge in [-0.1, -0.05) is 0 Å². The zero-order valence-electron chi connectivity index (χ0n) is 9.56. The van der Waals surface area contributed by atoms with Gasteiger partial charge in [-0.25, -0.2) is 0 Å². The number of rotatable bonds is 2. The molecule has 0 spiro atoms. The van der Waals surface area contributed by atoms with Crippen LogP contribution in [-0.2, 0) is 9.59 Å². The fourth-order valence-corrected chi connectivity index (χ4v) is 1.82. The van der Waals surface area contributed by atoms with Gasteiger partial charge in [-0.3, -0.25) is 9.59 Å². The van der Waals surface area contributed by atoms with Crippen LogP contribution in [0.5, 0.6) is 0 Å². The van der Waals surface area contributed by atoms with Gasteiger partial charge < -0.3 is 15.5 Å². The van der Waals surface area contributed by atoms with E-state index in [1.165, 1.54) is 4.90 Å². The lowest BCUT2D eigenvalue weighted by molar-refractivity contribution is -0.146. The van der Waals surface area contributed by atoms with Gasteiger partial charge in [0.25, 0.3) is 0 Å². The molecule has 0 aromatic heterocycles. The van der Waals surface area contributed by atoms with Crippen molar-refractivity contribution in [2.75, 3.05) is 20.6 Å². The molecule has 0 aromatic carbocycles. The fraction of sp³-hybridized carbons (Fsp3) is 0.800. The lowest BCUT2D eigenvalue weighted by Gasteiger charge is -2.35. The van der Waals surface area contributed by atoms with Gasteiger partial charge in [-0.2, -0.15) is 0 Å². The average Bonchev–Trinajstić information content (AvgIpc) is 2.20. The Balaban J connectivity index is 2.70. The van der Waals surface area contributed by atoms with Crippen molar-refractivity contribution >= 4 is 11.8 Å². The molecule has 2 atom stereocenters. The molecule has 0 unspecified atom stereocenters. The first-order valence-corrected chi connectivity index (χ1v) is 5.22. The molecule has 1 heterocycles. The van der Waals surface area contributed by atoms with Crippen molar-refractivity contribution in [3.05, 3.63) is 0 Å². The second-order valence-corrected chi connectivity index (χ2v) is 4.19. The third-order valence-electron chi connectivity index (χ3n) is 2.78. The quantitative estimate of drug-likeness (QED) is 0.667. The summed E-state index contributed by atoms with van der Waals surface area (Å²) in [5.74, 6) is -0.165. The molecule has 5 nitrogen and oxygen atoms in total. The molecule has 15 heavy (non-hydrogen) atoms. The summed E-state index contributed by atoms with van der Waals surface area (Å²) in [6.07, 6.45) is 1.59. The minimum atomic E-state index is -0.434. The Bertz CT molecular complexity index is 265. The Hall–Kier alpha value is -1.10. The van der Waals surface area contributed by atoms with Crippen LogP contribution in [0, 0.1) is 0 Å². The molecule has 1 saturated heterocycles. The fourth-order valence-electron chi connectivity index (χ4n) is 1.82. The Morgan fingerprint density at radius 3 is 2.73 bits per heavy atom. The van der Waals surface area contributed by atoms with Gasteiger partial charge in [0.1, 0.15) is 6.04 Å². The smallest absolute Gasteiger partial charge is 0.244 e. The third-order valence-corrected chi connectivity index (χ3v) is 2.78. The van der Waals surface area contributed by atoms with E-state index in [9.17, 15) is 9.59 Å². The summed E-state index contributed by atoms with van der Waals surface area (Å²) in [7, 11) is 3.38. The zero-order chi connectivity index (χ0) is 11.6. The molecular formula is C10H19N3O2. The lowest BCUT2D eigenvalue weighted by Crippen LogP contribution is -2.55. The van der Waals surface area contributed by atoms with Crippen molar-refractivity contribution < 1.29 is 9.59 Å². The molecule has 0 aromatic rings. The van der Waals surface area contributed by atoms with Crippen LogP contribution in [0.15, 0.2) is 0 Å². The van der Waals surface area contributed by atoms with E-state index >= 15 is 0 Å². The second-order valence-electron chi connectivity index (χ2n) is 4.19. The molecule has 86 valence electrons. The van der Waals surface area contributed by atoms with Gasteiger partial charge in [0.05, 0.1) is 6.04 Å². The van der Waals surface area contributed by atoms with Crippen molar-refractivity contribution in [2.45, 2.75) is 31.8 Å². The number of piperidine rings is 1. The average molecular weight is 213 g/mol. The van der Waals surface area contributed by atoms with Gasteiger partial charge in [-0.05, 0) is 19.8 Å². The molecule has 0 bridgehead atoms. The summed E-state index contributed by atoms with van der Waals surface area (Å²) in [4.78, 5) is 26.5. The molecule has 1 aliphatic heterocycles. The van der Waals surface area contributed by atoms with Crippen LogP contribution in [0.1, 0.15) is 19.8 Å². The normalized spacial score (nSPS) is 23.9. The molecule has 1 fully saturated rings. The number of carbonyl (C=O) groups excluding carboxylic acids is 2. The Labute approximate surface area is 90.2 Å².